The number of Topliss-reactive ketones (excluding diaryl/α,β-unsaturated/α-hetero) is 1. The van der Waals surface area contributed by atoms with Crippen LogP contribution in [0.1, 0.15) is 37.5 Å². The fourth-order valence-corrected chi connectivity index (χ4v) is 2.57. The van der Waals surface area contributed by atoms with Gasteiger partial charge in [-0.1, -0.05) is 17.7 Å². The summed E-state index contributed by atoms with van der Waals surface area (Å²) < 4.78 is 0. The molecule has 2 N–H and O–H groups in total. The molecule has 0 saturated heterocycles. The smallest absolute Gasteiger partial charge is 0.184 e. The number of hydrogen-bond donors (Lipinski definition) is 2. The molecular formula is C18H24O4. The second-order valence-corrected chi connectivity index (χ2v) is 6.01. The predicted octanol–water partition coefficient (Wildman–Crippen LogP) is 4.03. The number of aryl methyl sites for hydroxylation is 3. The van der Waals surface area contributed by atoms with Crippen LogP contribution < -0.4 is 0 Å². The average molecular weight is 304 g/mol. The Hall–Kier alpha value is -1.91. The van der Waals surface area contributed by atoms with Crippen molar-refractivity contribution in [1.29, 1.82) is 0 Å². The summed E-state index contributed by atoms with van der Waals surface area (Å²) in [4.78, 5) is 15.5. The first-order valence-electron chi connectivity index (χ1n) is 7.12. The number of allylic oxidation sites excluding steroid dienone is 2. The van der Waals surface area contributed by atoms with Gasteiger partial charge in [-0.15, -0.1) is 0 Å². The number of phenolic OH excluding ortho intramolecular Hbond substituents is 1. The van der Waals surface area contributed by atoms with E-state index < -0.39 is 5.60 Å². The molecule has 0 aliphatic heterocycles. The van der Waals surface area contributed by atoms with Crippen LogP contribution in [0.25, 0.3) is 0 Å². The van der Waals surface area contributed by atoms with E-state index in [0.717, 1.165) is 11.1 Å². The SMILES string of the molecule is CC1=CC(C)(OO)C=C(C)C1=O.Cc1cc(C)c(O)c(C)c1. The standard InChI is InChI=1S/C9H12O3.C9H12O/c1-6-4-9(3,12-11)5-7(2)8(6)10;1-6-4-7(2)9(10)8(3)5-6/h4-5,11H,1-3H3;4-5,10H,1-3H3. The van der Waals surface area contributed by atoms with Crippen LogP contribution in [0.2, 0.25) is 0 Å². The molecule has 0 aromatic heterocycles. The summed E-state index contributed by atoms with van der Waals surface area (Å²) >= 11 is 0. The van der Waals surface area contributed by atoms with Gasteiger partial charge in [0.25, 0.3) is 0 Å². The van der Waals surface area contributed by atoms with Crippen molar-refractivity contribution < 1.29 is 20.0 Å². The average Bonchev–Trinajstić information content (AvgIpc) is 2.43. The summed E-state index contributed by atoms with van der Waals surface area (Å²) in [6.07, 6.45) is 3.20. The Balaban J connectivity index is 0.000000224. The molecule has 1 aliphatic carbocycles. The highest BCUT2D eigenvalue weighted by Gasteiger charge is 2.27. The number of rotatable bonds is 1. The van der Waals surface area contributed by atoms with Crippen LogP contribution in [0.3, 0.4) is 0 Å². The summed E-state index contributed by atoms with van der Waals surface area (Å²) in [6, 6.07) is 3.95. The van der Waals surface area contributed by atoms with Crippen LogP contribution in [-0.4, -0.2) is 21.7 Å². The van der Waals surface area contributed by atoms with E-state index >= 15 is 0 Å². The summed E-state index contributed by atoms with van der Waals surface area (Å²) in [5.41, 5.74) is 3.48. The molecule has 0 bridgehead atoms. The monoisotopic (exact) mass is 304 g/mol. The Morgan fingerprint density at radius 1 is 0.955 bits per heavy atom. The van der Waals surface area contributed by atoms with Crippen molar-refractivity contribution in [2.24, 2.45) is 0 Å². The molecular weight excluding hydrogens is 280 g/mol. The van der Waals surface area contributed by atoms with Gasteiger partial charge in [0, 0.05) is 0 Å². The van der Waals surface area contributed by atoms with Crippen LogP contribution in [0, 0.1) is 20.8 Å². The lowest BCUT2D eigenvalue weighted by molar-refractivity contribution is -0.288. The normalized spacial score (nSPS) is 16.4. The van der Waals surface area contributed by atoms with Gasteiger partial charge in [-0.2, -0.15) is 0 Å². The summed E-state index contributed by atoms with van der Waals surface area (Å²) in [7, 11) is 0. The maximum Gasteiger partial charge on any atom is 0.184 e. The third-order valence-corrected chi connectivity index (χ3v) is 3.55. The molecule has 2 rings (SSSR count). The van der Waals surface area contributed by atoms with Gasteiger partial charge in [-0.25, -0.2) is 4.89 Å². The first-order chi connectivity index (χ1) is 10.1. The Bertz CT molecular complexity index is 593. The van der Waals surface area contributed by atoms with E-state index in [1.165, 1.54) is 5.56 Å². The van der Waals surface area contributed by atoms with E-state index in [0.29, 0.717) is 16.9 Å². The number of carbonyl (C=O) groups excluding carboxylic acids is 1. The van der Waals surface area contributed by atoms with Gasteiger partial charge in [0.15, 0.2) is 5.78 Å². The quantitative estimate of drug-likeness (QED) is 0.607. The molecule has 1 aromatic rings. The van der Waals surface area contributed by atoms with Crippen molar-refractivity contribution >= 4 is 5.78 Å². The first kappa shape index (κ1) is 18.1. The maximum absolute atomic E-state index is 11.3. The lowest BCUT2D eigenvalue weighted by Gasteiger charge is -2.23. The minimum atomic E-state index is -0.845. The van der Waals surface area contributed by atoms with Crippen molar-refractivity contribution in [3.8, 4) is 5.75 Å². The molecule has 1 aliphatic rings. The Morgan fingerprint density at radius 3 is 1.73 bits per heavy atom. The Labute approximate surface area is 131 Å². The highest BCUT2D eigenvalue weighted by atomic mass is 17.1. The molecule has 0 radical (unpaired) electrons. The van der Waals surface area contributed by atoms with Gasteiger partial charge in [0.2, 0.25) is 0 Å². The highest BCUT2D eigenvalue weighted by molar-refractivity contribution is 6.08. The second-order valence-electron chi connectivity index (χ2n) is 6.01. The minimum Gasteiger partial charge on any atom is -0.507 e. The number of carbonyl (C=O) groups is 1. The van der Waals surface area contributed by atoms with Gasteiger partial charge in [-0.3, -0.25) is 10.1 Å². The Morgan fingerprint density at radius 2 is 1.36 bits per heavy atom. The van der Waals surface area contributed by atoms with Crippen molar-refractivity contribution in [2.45, 2.75) is 47.1 Å². The van der Waals surface area contributed by atoms with Crippen molar-refractivity contribution in [3.63, 3.8) is 0 Å². The van der Waals surface area contributed by atoms with Crippen molar-refractivity contribution in [3.05, 3.63) is 52.1 Å². The molecule has 0 atom stereocenters. The molecule has 1 aromatic carbocycles. The number of benzene rings is 1. The van der Waals surface area contributed by atoms with E-state index in [4.69, 9.17) is 5.26 Å². The largest absolute Gasteiger partial charge is 0.507 e. The fraction of sp³-hybridized carbons (Fsp3) is 0.389. The van der Waals surface area contributed by atoms with Crippen LogP contribution in [0.15, 0.2) is 35.4 Å². The zero-order valence-electron chi connectivity index (χ0n) is 14.0. The topological polar surface area (TPSA) is 66.8 Å². The molecule has 0 unspecified atom stereocenters. The Kier molecular flexibility index (Phi) is 5.69. The third-order valence-electron chi connectivity index (χ3n) is 3.55. The molecule has 0 fully saturated rings. The van der Waals surface area contributed by atoms with E-state index in [9.17, 15) is 9.90 Å². The summed E-state index contributed by atoms with van der Waals surface area (Å²) in [6.45, 7) is 10.9. The third kappa shape index (κ3) is 4.29. The van der Waals surface area contributed by atoms with Crippen LogP contribution in [0.4, 0.5) is 0 Å². The number of phenols is 1. The van der Waals surface area contributed by atoms with E-state index in [1.807, 2.05) is 32.9 Å². The minimum absolute atomic E-state index is 0.00419. The molecule has 0 spiro atoms. The molecule has 0 amide bonds. The second kappa shape index (κ2) is 6.90. The van der Waals surface area contributed by atoms with Gasteiger partial charge in [0.1, 0.15) is 11.4 Å². The van der Waals surface area contributed by atoms with Crippen molar-refractivity contribution in [1.82, 2.24) is 0 Å². The van der Waals surface area contributed by atoms with Crippen LogP contribution >= 0.6 is 0 Å². The lowest BCUT2D eigenvalue weighted by atomic mass is 9.90. The first-order valence-corrected chi connectivity index (χ1v) is 7.12. The van der Waals surface area contributed by atoms with E-state index in [-0.39, 0.29) is 5.78 Å². The predicted molar refractivity (Wildman–Crippen MR) is 87.0 cm³/mol. The van der Waals surface area contributed by atoms with Gasteiger partial charge in [0.05, 0.1) is 0 Å². The lowest BCUT2D eigenvalue weighted by Crippen LogP contribution is -2.28. The summed E-state index contributed by atoms with van der Waals surface area (Å²) in [5.74, 6) is 0.426. The molecule has 22 heavy (non-hydrogen) atoms. The fourth-order valence-electron chi connectivity index (χ4n) is 2.57. The van der Waals surface area contributed by atoms with Crippen LogP contribution in [-0.2, 0) is 9.68 Å². The molecule has 4 heteroatoms. The molecule has 4 nitrogen and oxygen atoms in total. The van der Waals surface area contributed by atoms with Gasteiger partial charge in [-0.05, 0) is 76.0 Å². The zero-order chi connectivity index (χ0) is 17.1. The zero-order valence-corrected chi connectivity index (χ0v) is 14.0. The van der Waals surface area contributed by atoms with Crippen molar-refractivity contribution in [2.75, 3.05) is 0 Å². The van der Waals surface area contributed by atoms with E-state index in [1.54, 1.807) is 32.9 Å². The number of aromatic hydroxyl groups is 1. The maximum atomic E-state index is 11.3. The molecule has 0 heterocycles. The molecule has 0 saturated carbocycles. The van der Waals surface area contributed by atoms with E-state index in [2.05, 4.69) is 4.89 Å². The highest BCUT2D eigenvalue weighted by Crippen LogP contribution is 2.24. The van der Waals surface area contributed by atoms with Crippen LogP contribution in [0.5, 0.6) is 5.75 Å². The summed E-state index contributed by atoms with van der Waals surface area (Å²) in [5, 5.41) is 17.9. The molecule has 120 valence electrons. The van der Waals surface area contributed by atoms with Gasteiger partial charge >= 0.3 is 0 Å². The number of ketones is 1. The number of hydrogen-bond acceptors (Lipinski definition) is 4. The van der Waals surface area contributed by atoms with Gasteiger partial charge < -0.3 is 5.11 Å².